The molecule has 2 atom stereocenters. The van der Waals surface area contributed by atoms with Crippen LogP contribution in [0.5, 0.6) is 11.5 Å². The zero-order chi connectivity index (χ0) is 22.7. The van der Waals surface area contributed by atoms with E-state index >= 15 is 0 Å². The van der Waals surface area contributed by atoms with Crippen LogP contribution < -0.4 is 14.7 Å². The van der Waals surface area contributed by atoms with Crippen LogP contribution in [0.3, 0.4) is 0 Å². The van der Waals surface area contributed by atoms with E-state index in [1.807, 2.05) is 0 Å². The average Bonchev–Trinajstić information content (AvgIpc) is 2.70. The van der Waals surface area contributed by atoms with Crippen LogP contribution in [0, 0.1) is 20.0 Å². The predicted molar refractivity (Wildman–Crippen MR) is 105 cm³/mol. The average molecular weight is 457 g/mol. The Labute approximate surface area is 185 Å². The summed E-state index contributed by atoms with van der Waals surface area (Å²) in [4.78, 5) is 12.1. The van der Waals surface area contributed by atoms with E-state index in [1.54, 1.807) is 21.1 Å². The van der Waals surface area contributed by atoms with Gasteiger partial charge in [-0.15, -0.1) is 0 Å². The smallest absolute Gasteiger partial charge is 0 e. The van der Waals surface area contributed by atoms with Gasteiger partial charge in [-0.3, -0.25) is 4.79 Å². The maximum absolute atomic E-state index is 12.1. The number of carbonyl (C=O) groups excluding carboxylic acids is 1. The third kappa shape index (κ3) is 7.66. The Hall–Kier alpha value is -1.54. The summed E-state index contributed by atoms with van der Waals surface area (Å²) in [5.41, 5.74) is 2.34. The topological polar surface area (TPSA) is 95.2 Å². The largest absolute Gasteiger partial charge is 0 e. The number of ketones is 1. The van der Waals surface area contributed by atoms with Crippen LogP contribution in [-0.2, 0) is 36.1 Å². The van der Waals surface area contributed by atoms with Gasteiger partial charge in [0.15, 0.2) is 11.5 Å². The Kier molecular flexibility index (Phi) is 17.0. The van der Waals surface area contributed by atoms with Crippen molar-refractivity contribution >= 4 is 19.0 Å². The van der Waals surface area contributed by atoms with E-state index in [1.165, 1.54) is 16.3 Å². The van der Waals surface area contributed by atoms with E-state index in [4.69, 9.17) is 23.4 Å². The van der Waals surface area contributed by atoms with Gasteiger partial charge in [0.2, 0.25) is 0 Å². The van der Waals surface area contributed by atoms with Crippen molar-refractivity contribution in [3.8, 4) is 11.5 Å². The second-order valence-corrected chi connectivity index (χ2v) is 12.4. The molecule has 0 heterocycles. The molecule has 2 rings (SSSR count). The summed E-state index contributed by atoms with van der Waals surface area (Å²) in [5, 5.41) is 1.24. The van der Waals surface area contributed by atoms with Gasteiger partial charge in [-0.1, -0.05) is 32.6 Å². The van der Waals surface area contributed by atoms with E-state index in [2.05, 4.69) is 52.6 Å². The fourth-order valence-corrected chi connectivity index (χ4v) is 5.06. The van der Waals surface area contributed by atoms with E-state index in [0.717, 1.165) is 24.3 Å². The Morgan fingerprint density at radius 3 is 1.79 bits per heavy atom. The molecule has 0 N–H and O–H groups in total. The van der Waals surface area contributed by atoms with Gasteiger partial charge in [0, 0.05) is 28.8 Å². The summed E-state index contributed by atoms with van der Waals surface area (Å²) in [6.45, 7) is 24.3. The molecule has 0 spiro atoms. The van der Waals surface area contributed by atoms with Gasteiger partial charge < -0.3 is 9.47 Å². The van der Waals surface area contributed by atoms with Crippen LogP contribution in [0.15, 0.2) is 6.07 Å². The van der Waals surface area contributed by atoms with E-state index in [0.29, 0.717) is 5.92 Å². The molecule has 0 fully saturated rings. The maximum Gasteiger partial charge on any atom is 0 e. The molecule has 0 unspecified atom stereocenters. The number of hydrogen-bond acceptors (Lipinski definition) is 3. The van der Waals surface area contributed by atoms with Crippen LogP contribution in [0.1, 0.15) is 49.7 Å². The summed E-state index contributed by atoms with van der Waals surface area (Å²) in [5.74, 6) is 2.36. The van der Waals surface area contributed by atoms with Crippen LogP contribution >= 0.6 is 0 Å². The monoisotopic (exact) mass is 456 g/mol. The van der Waals surface area contributed by atoms with E-state index < -0.39 is 8.07 Å². The summed E-state index contributed by atoms with van der Waals surface area (Å²) < 4.78 is 34.0. The van der Waals surface area contributed by atoms with E-state index in [-0.39, 0.29) is 29.1 Å². The molecule has 0 aliphatic heterocycles. The van der Waals surface area contributed by atoms with Crippen molar-refractivity contribution in [2.24, 2.45) is 0 Å². The zero-order valence-electron chi connectivity index (χ0n) is 18.0. The minimum atomic E-state index is -1.61. The Balaban J connectivity index is -0.000000883. The van der Waals surface area contributed by atoms with Crippen molar-refractivity contribution in [3.05, 3.63) is 37.1 Å². The fraction of sp³-hybridized carbons (Fsp3) is 0.524. The molecule has 0 aromatic heterocycles. The Bertz CT molecular complexity index is 704. The third-order valence-corrected chi connectivity index (χ3v) is 6.76. The maximum atomic E-state index is 12.1. The molecule has 0 bridgehead atoms. The number of ether oxygens (including phenoxy) is 2. The summed E-state index contributed by atoms with van der Waals surface area (Å²) >= 11 is 0. The molecule has 8 heteroatoms. The Morgan fingerprint density at radius 2 is 1.45 bits per heavy atom. The number of carbonyl (C=O) groups is 1. The van der Waals surface area contributed by atoms with Gasteiger partial charge >= 0.3 is 33.9 Å². The number of benzene rings is 1. The van der Waals surface area contributed by atoms with Crippen molar-refractivity contribution < 1.29 is 45.6 Å². The summed E-state index contributed by atoms with van der Waals surface area (Å²) in [6, 6.07) is 2.24. The molecular formula is C21H28CrO6Si. The SMILES string of the molecule is COc1c([Si](C)(C)C)cc2c(c1OC)[C@@H](C)CC[C@H]2C(C)=O.[C-]#[O+].[C-]#[O+].[C-]#[O+].[Cr]. The summed E-state index contributed by atoms with van der Waals surface area (Å²) in [6.07, 6.45) is 1.95. The molecule has 29 heavy (non-hydrogen) atoms. The van der Waals surface area contributed by atoms with Crippen molar-refractivity contribution in [1.29, 1.82) is 0 Å². The van der Waals surface area contributed by atoms with Crippen molar-refractivity contribution in [3.63, 3.8) is 0 Å². The molecule has 158 valence electrons. The first kappa shape index (κ1) is 32.1. The predicted octanol–water partition coefficient (Wildman–Crippen LogP) is 3.70. The van der Waals surface area contributed by atoms with Crippen LogP contribution in [0.4, 0.5) is 0 Å². The number of methoxy groups -OCH3 is 2. The molecule has 1 aliphatic rings. The van der Waals surface area contributed by atoms with Gasteiger partial charge in [0.05, 0.1) is 22.3 Å². The minimum absolute atomic E-state index is 0. The standard InChI is InChI=1S/C18H28O3Si.3CO.Cr/c1-11-8-9-13(12(2)19)14-10-15(22(5,6)7)17(20-3)18(21-4)16(11)14;3*1-2;/h10-11,13H,8-9H2,1-7H3;;;;/t11-,13-;;;;/m0..../s1. The fourth-order valence-electron chi connectivity index (χ4n) is 3.57. The van der Waals surface area contributed by atoms with Gasteiger partial charge in [0.25, 0.3) is 0 Å². The minimum Gasteiger partial charge on any atom is 0 e. The van der Waals surface area contributed by atoms with Crippen molar-refractivity contribution in [2.75, 3.05) is 14.2 Å². The second-order valence-electron chi connectivity index (χ2n) is 7.39. The number of Topliss-reactive ketones (excluding diaryl/α,β-unsaturated/α-hetero) is 1. The quantitative estimate of drug-likeness (QED) is 0.393. The van der Waals surface area contributed by atoms with E-state index in [9.17, 15) is 4.79 Å². The van der Waals surface area contributed by atoms with Gasteiger partial charge in [-0.05, 0) is 36.4 Å². The van der Waals surface area contributed by atoms with Gasteiger partial charge in [-0.2, -0.15) is 0 Å². The van der Waals surface area contributed by atoms with Crippen molar-refractivity contribution in [1.82, 2.24) is 0 Å². The first-order valence-corrected chi connectivity index (χ1v) is 12.1. The number of rotatable bonds is 4. The normalized spacial score (nSPS) is 16.3. The zero-order valence-corrected chi connectivity index (χ0v) is 20.3. The molecule has 1 aliphatic carbocycles. The molecule has 1 aromatic carbocycles. The molecule has 1 aromatic rings. The molecule has 0 saturated heterocycles. The van der Waals surface area contributed by atoms with Gasteiger partial charge in [-0.25, -0.2) is 0 Å². The first-order chi connectivity index (χ1) is 13.2. The molecule has 6 nitrogen and oxygen atoms in total. The van der Waals surface area contributed by atoms with Gasteiger partial charge in [0.1, 0.15) is 5.78 Å². The van der Waals surface area contributed by atoms with Crippen LogP contribution in [0.2, 0.25) is 19.6 Å². The molecule has 0 amide bonds. The molecular weight excluding hydrogens is 428 g/mol. The first-order valence-electron chi connectivity index (χ1n) is 8.63. The Morgan fingerprint density at radius 1 is 1.00 bits per heavy atom. The number of fused-ring (bicyclic) bond motifs is 1. The van der Waals surface area contributed by atoms with Crippen LogP contribution in [0.25, 0.3) is 0 Å². The molecule has 0 saturated carbocycles. The second kappa shape index (κ2) is 15.3. The summed E-state index contributed by atoms with van der Waals surface area (Å²) in [7, 11) is 1.81. The molecule has 0 radical (unpaired) electrons. The van der Waals surface area contributed by atoms with Crippen LogP contribution in [-0.4, -0.2) is 28.1 Å². The number of hydrogen-bond donors (Lipinski definition) is 0. The third-order valence-electron chi connectivity index (χ3n) is 4.77. The van der Waals surface area contributed by atoms with Crippen molar-refractivity contribution in [2.45, 2.75) is 58.2 Å².